The lowest BCUT2D eigenvalue weighted by molar-refractivity contribution is -0.136. The zero-order valence-corrected chi connectivity index (χ0v) is 15.4. The summed E-state index contributed by atoms with van der Waals surface area (Å²) in [4.78, 5) is 23.1. The molecule has 0 saturated carbocycles. The molecule has 1 amide bonds. The summed E-state index contributed by atoms with van der Waals surface area (Å²) in [7, 11) is -0.882. The fourth-order valence-electron chi connectivity index (χ4n) is 2.06. The topological polar surface area (TPSA) is 104 Å². The Morgan fingerprint density at radius 2 is 1.80 bits per heavy atom. The highest BCUT2D eigenvalue weighted by Gasteiger charge is 2.25. The molecule has 0 unspecified atom stereocenters. The first-order valence-corrected chi connectivity index (χ1v) is 9.66. The number of benzene rings is 1. The third-order valence-corrected chi connectivity index (χ3v) is 6.33. The van der Waals surface area contributed by atoms with E-state index in [1.54, 1.807) is 29.6 Å². The van der Waals surface area contributed by atoms with E-state index < -0.39 is 21.9 Å². The highest BCUT2D eigenvalue weighted by Crippen LogP contribution is 2.25. The number of nitrogens with zero attached hydrogens (tertiary/aromatic N) is 1. The van der Waals surface area contributed by atoms with Crippen LogP contribution in [0.1, 0.15) is 21.7 Å². The number of aryl methyl sites for hydroxylation is 1. The summed E-state index contributed by atoms with van der Waals surface area (Å²) >= 11 is 1.05. The summed E-state index contributed by atoms with van der Waals surface area (Å²) in [6.45, 7) is 0. The fraction of sp³-hybridized carbons (Fsp3) is 0.250. The molecule has 9 heteroatoms. The van der Waals surface area contributed by atoms with Gasteiger partial charge in [0.15, 0.2) is 0 Å². The number of sulfonamides is 1. The van der Waals surface area contributed by atoms with Gasteiger partial charge in [0.05, 0.1) is 0 Å². The van der Waals surface area contributed by atoms with Gasteiger partial charge < -0.3 is 10.4 Å². The molecule has 0 bridgehead atoms. The Labute approximate surface area is 150 Å². The molecule has 0 atom stereocenters. The summed E-state index contributed by atoms with van der Waals surface area (Å²) in [5, 5.41) is 12.9. The van der Waals surface area contributed by atoms with Gasteiger partial charge in [0, 0.05) is 26.2 Å². The van der Waals surface area contributed by atoms with Gasteiger partial charge in [0.2, 0.25) is 10.0 Å². The van der Waals surface area contributed by atoms with E-state index in [0.717, 1.165) is 21.2 Å². The predicted molar refractivity (Wildman–Crippen MR) is 95.5 cm³/mol. The van der Waals surface area contributed by atoms with E-state index in [1.807, 2.05) is 0 Å². The molecule has 0 aliphatic rings. The zero-order valence-electron chi connectivity index (χ0n) is 13.7. The summed E-state index contributed by atoms with van der Waals surface area (Å²) in [6, 6.07) is 8.17. The molecular weight excluding hydrogens is 364 g/mol. The van der Waals surface area contributed by atoms with E-state index >= 15 is 0 Å². The van der Waals surface area contributed by atoms with Gasteiger partial charge in [0.1, 0.15) is 9.77 Å². The number of carbonyl (C=O) groups is 2. The molecule has 25 heavy (non-hydrogen) atoms. The van der Waals surface area contributed by atoms with Gasteiger partial charge in [-0.2, -0.15) is 0 Å². The standard InChI is InChI=1S/C16H18N2O5S2/c1-18(2)25(22,23)13-9-10-24-15(13)16(21)17-12-6-3-11(4-7-12)5-8-14(19)20/h3-4,6-7,9-10H,5,8H2,1-2H3,(H,17,21)(H,19,20). The first-order chi connectivity index (χ1) is 11.7. The first kappa shape index (κ1) is 19.1. The highest BCUT2D eigenvalue weighted by molar-refractivity contribution is 7.89. The van der Waals surface area contributed by atoms with Crippen LogP contribution in [0.5, 0.6) is 0 Å². The lowest BCUT2D eigenvalue weighted by atomic mass is 10.1. The van der Waals surface area contributed by atoms with E-state index in [2.05, 4.69) is 5.32 Å². The smallest absolute Gasteiger partial charge is 0.303 e. The van der Waals surface area contributed by atoms with E-state index in [-0.39, 0.29) is 16.2 Å². The van der Waals surface area contributed by atoms with Crippen LogP contribution in [-0.4, -0.2) is 43.8 Å². The Kier molecular flexibility index (Phi) is 5.93. The number of nitrogens with one attached hydrogen (secondary N) is 1. The van der Waals surface area contributed by atoms with E-state index in [4.69, 9.17) is 5.11 Å². The van der Waals surface area contributed by atoms with Crippen LogP contribution in [0.2, 0.25) is 0 Å². The van der Waals surface area contributed by atoms with Crippen molar-refractivity contribution in [1.29, 1.82) is 0 Å². The molecule has 0 fully saturated rings. The Morgan fingerprint density at radius 3 is 2.36 bits per heavy atom. The number of carboxylic acids is 1. The van der Waals surface area contributed by atoms with Crippen molar-refractivity contribution in [3.63, 3.8) is 0 Å². The lowest BCUT2D eigenvalue weighted by Crippen LogP contribution is -2.24. The van der Waals surface area contributed by atoms with Gasteiger partial charge in [0.25, 0.3) is 5.91 Å². The molecule has 2 rings (SSSR count). The minimum absolute atomic E-state index is 0.0296. The van der Waals surface area contributed by atoms with Gasteiger partial charge in [-0.3, -0.25) is 9.59 Å². The van der Waals surface area contributed by atoms with E-state index in [9.17, 15) is 18.0 Å². The Hall–Kier alpha value is -2.23. The van der Waals surface area contributed by atoms with Crippen molar-refractivity contribution in [1.82, 2.24) is 4.31 Å². The van der Waals surface area contributed by atoms with Crippen molar-refractivity contribution < 1.29 is 23.1 Å². The second-order valence-corrected chi connectivity index (χ2v) is 8.48. The summed E-state index contributed by atoms with van der Waals surface area (Å²) < 4.78 is 25.6. The van der Waals surface area contributed by atoms with Crippen LogP contribution in [-0.2, 0) is 21.2 Å². The van der Waals surface area contributed by atoms with Crippen LogP contribution in [0, 0.1) is 0 Å². The zero-order chi connectivity index (χ0) is 18.6. The fourth-order valence-corrected chi connectivity index (χ4v) is 4.25. The third kappa shape index (κ3) is 4.65. The van der Waals surface area contributed by atoms with Crippen LogP contribution in [0.25, 0.3) is 0 Å². The maximum Gasteiger partial charge on any atom is 0.303 e. The molecule has 2 aromatic rings. The average Bonchev–Trinajstić information content (AvgIpc) is 3.04. The van der Waals surface area contributed by atoms with Crippen LogP contribution < -0.4 is 5.32 Å². The largest absolute Gasteiger partial charge is 0.481 e. The summed E-state index contributed by atoms with van der Waals surface area (Å²) in [6.07, 6.45) is 0.437. The number of carbonyl (C=O) groups excluding carboxylic acids is 1. The van der Waals surface area contributed by atoms with Crippen molar-refractivity contribution >= 4 is 38.9 Å². The molecule has 1 aromatic carbocycles. The number of hydrogen-bond donors (Lipinski definition) is 2. The van der Waals surface area contributed by atoms with Crippen molar-refractivity contribution in [2.75, 3.05) is 19.4 Å². The molecule has 7 nitrogen and oxygen atoms in total. The van der Waals surface area contributed by atoms with Gasteiger partial charge in [-0.25, -0.2) is 12.7 Å². The van der Waals surface area contributed by atoms with Gasteiger partial charge in [-0.15, -0.1) is 11.3 Å². The Balaban J connectivity index is 2.13. The molecule has 0 aliphatic carbocycles. The maximum absolute atomic E-state index is 12.4. The van der Waals surface area contributed by atoms with Crippen LogP contribution in [0.4, 0.5) is 5.69 Å². The number of carboxylic acid groups (broad SMARTS) is 1. The highest BCUT2D eigenvalue weighted by atomic mass is 32.2. The number of amides is 1. The number of rotatable bonds is 7. The van der Waals surface area contributed by atoms with Crippen molar-refractivity contribution in [3.05, 3.63) is 46.2 Å². The predicted octanol–water partition coefficient (Wildman–Crippen LogP) is 2.27. The molecule has 2 N–H and O–H groups in total. The van der Waals surface area contributed by atoms with Crippen molar-refractivity contribution in [2.45, 2.75) is 17.7 Å². The van der Waals surface area contributed by atoms with Crippen LogP contribution in [0.3, 0.4) is 0 Å². The number of aliphatic carboxylic acids is 1. The third-order valence-electron chi connectivity index (χ3n) is 3.43. The Morgan fingerprint density at radius 1 is 1.16 bits per heavy atom. The molecule has 0 aliphatic heterocycles. The number of hydrogen-bond acceptors (Lipinski definition) is 5. The molecule has 134 valence electrons. The van der Waals surface area contributed by atoms with Crippen LogP contribution >= 0.6 is 11.3 Å². The van der Waals surface area contributed by atoms with Crippen molar-refractivity contribution in [3.8, 4) is 0 Å². The monoisotopic (exact) mass is 382 g/mol. The minimum atomic E-state index is -3.70. The van der Waals surface area contributed by atoms with Gasteiger partial charge >= 0.3 is 5.97 Å². The van der Waals surface area contributed by atoms with Gasteiger partial charge in [-0.05, 0) is 35.6 Å². The second kappa shape index (κ2) is 7.77. The second-order valence-electron chi connectivity index (χ2n) is 5.45. The number of anilines is 1. The first-order valence-electron chi connectivity index (χ1n) is 7.34. The molecule has 0 radical (unpaired) electrons. The van der Waals surface area contributed by atoms with E-state index in [0.29, 0.717) is 12.1 Å². The number of thiophene rings is 1. The lowest BCUT2D eigenvalue weighted by Gasteiger charge is -2.12. The molecule has 1 heterocycles. The summed E-state index contributed by atoms with van der Waals surface area (Å²) in [5.74, 6) is -1.38. The molecule has 0 saturated heterocycles. The normalized spacial score (nSPS) is 11.5. The van der Waals surface area contributed by atoms with E-state index in [1.165, 1.54) is 20.2 Å². The SMILES string of the molecule is CN(C)S(=O)(=O)c1ccsc1C(=O)Nc1ccc(CCC(=O)O)cc1. The maximum atomic E-state index is 12.4. The minimum Gasteiger partial charge on any atom is -0.481 e. The Bertz CT molecular complexity index is 870. The van der Waals surface area contributed by atoms with Crippen LogP contribution in [0.15, 0.2) is 40.6 Å². The quantitative estimate of drug-likeness (QED) is 0.764. The van der Waals surface area contributed by atoms with Gasteiger partial charge in [-0.1, -0.05) is 12.1 Å². The average molecular weight is 382 g/mol. The molecular formula is C16H18N2O5S2. The summed E-state index contributed by atoms with van der Waals surface area (Å²) in [5.41, 5.74) is 1.35. The van der Waals surface area contributed by atoms with Crippen molar-refractivity contribution in [2.24, 2.45) is 0 Å². The molecule has 0 spiro atoms. The molecule has 1 aromatic heterocycles.